The molecule has 0 saturated heterocycles. The van der Waals surface area contributed by atoms with Crippen molar-refractivity contribution in [3.8, 4) is 11.1 Å². The topological polar surface area (TPSA) is 26.0 Å². The lowest BCUT2D eigenvalue weighted by Crippen LogP contribution is -1.88. The minimum absolute atomic E-state index is 0. The van der Waals surface area contributed by atoms with E-state index in [-0.39, 0.29) is 12.4 Å². The summed E-state index contributed by atoms with van der Waals surface area (Å²) in [7, 11) is 0. The number of hydrogen-bond donors (Lipinski definition) is 1. The van der Waals surface area contributed by atoms with Crippen LogP contribution in [-0.2, 0) is 0 Å². The van der Waals surface area contributed by atoms with Gasteiger partial charge < -0.3 is 5.73 Å². The minimum atomic E-state index is 0. The second-order valence-corrected chi connectivity index (χ2v) is 4.01. The van der Waals surface area contributed by atoms with Crippen molar-refractivity contribution in [2.45, 2.75) is 0 Å². The Labute approximate surface area is 104 Å². The lowest BCUT2D eigenvalue weighted by Gasteiger charge is -2.04. The van der Waals surface area contributed by atoms with Crippen molar-refractivity contribution in [2.75, 3.05) is 5.73 Å². The van der Waals surface area contributed by atoms with Crippen LogP contribution in [0.4, 0.5) is 5.69 Å². The summed E-state index contributed by atoms with van der Waals surface area (Å²) in [6.45, 7) is 0. The van der Waals surface area contributed by atoms with E-state index in [2.05, 4.69) is 28.1 Å². The van der Waals surface area contributed by atoms with Crippen LogP contribution in [0.5, 0.6) is 0 Å². The Bertz CT molecular complexity index is 440. The third-order valence-corrected chi connectivity index (χ3v) is 2.64. The Morgan fingerprint density at radius 3 is 2.07 bits per heavy atom. The molecule has 0 unspecified atom stereocenters. The number of halogens is 2. The molecule has 0 amide bonds. The van der Waals surface area contributed by atoms with Crippen LogP contribution < -0.4 is 5.73 Å². The van der Waals surface area contributed by atoms with E-state index in [1.165, 1.54) is 0 Å². The van der Waals surface area contributed by atoms with Crippen molar-refractivity contribution in [1.82, 2.24) is 0 Å². The number of para-hydroxylation sites is 1. The van der Waals surface area contributed by atoms with Crippen molar-refractivity contribution in [2.24, 2.45) is 0 Å². The quantitative estimate of drug-likeness (QED) is 0.783. The molecule has 2 rings (SSSR count). The Morgan fingerprint density at radius 1 is 0.867 bits per heavy atom. The van der Waals surface area contributed by atoms with Gasteiger partial charge in [0.05, 0.1) is 0 Å². The van der Waals surface area contributed by atoms with Gasteiger partial charge in [0, 0.05) is 15.7 Å². The van der Waals surface area contributed by atoms with Crippen molar-refractivity contribution in [1.29, 1.82) is 0 Å². The van der Waals surface area contributed by atoms with Crippen LogP contribution in [0.2, 0.25) is 0 Å². The molecule has 2 aromatic rings. The van der Waals surface area contributed by atoms with E-state index in [1.54, 1.807) is 0 Å². The standard InChI is InChI=1S/C12H10BrN.ClH/c13-10-7-5-9(6-8-10)11-3-1-2-4-12(11)14;/h1-8H,14H2;1H. The summed E-state index contributed by atoms with van der Waals surface area (Å²) < 4.78 is 1.08. The number of nitrogens with two attached hydrogens (primary N) is 1. The Kier molecular flexibility index (Phi) is 4.18. The number of nitrogen functional groups attached to an aromatic ring is 1. The van der Waals surface area contributed by atoms with E-state index in [4.69, 9.17) is 5.73 Å². The molecule has 78 valence electrons. The molecule has 2 N–H and O–H groups in total. The van der Waals surface area contributed by atoms with Gasteiger partial charge in [-0.3, -0.25) is 0 Å². The second kappa shape index (κ2) is 5.19. The summed E-state index contributed by atoms with van der Waals surface area (Å²) >= 11 is 3.41. The molecular weight excluding hydrogens is 273 g/mol. The molecule has 0 bridgehead atoms. The van der Waals surface area contributed by atoms with Gasteiger partial charge in [-0.15, -0.1) is 12.4 Å². The molecule has 0 spiro atoms. The highest BCUT2D eigenvalue weighted by atomic mass is 79.9. The van der Waals surface area contributed by atoms with Crippen LogP contribution >= 0.6 is 28.3 Å². The highest BCUT2D eigenvalue weighted by molar-refractivity contribution is 9.10. The molecule has 0 fully saturated rings. The van der Waals surface area contributed by atoms with E-state index in [9.17, 15) is 0 Å². The second-order valence-electron chi connectivity index (χ2n) is 3.09. The summed E-state index contributed by atoms with van der Waals surface area (Å²) in [5.74, 6) is 0. The Balaban J connectivity index is 0.00000112. The van der Waals surface area contributed by atoms with Gasteiger partial charge in [0.25, 0.3) is 0 Å². The molecule has 0 heterocycles. The maximum Gasteiger partial charge on any atom is 0.0393 e. The zero-order valence-corrected chi connectivity index (χ0v) is 10.4. The average molecular weight is 285 g/mol. The van der Waals surface area contributed by atoms with E-state index < -0.39 is 0 Å². The molecule has 0 aromatic heterocycles. The van der Waals surface area contributed by atoms with Gasteiger partial charge in [-0.05, 0) is 23.8 Å². The van der Waals surface area contributed by atoms with Gasteiger partial charge >= 0.3 is 0 Å². The number of anilines is 1. The summed E-state index contributed by atoms with van der Waals surface area (Å²) in [4.78, 5) is 0. The van der Waals surface area contributed by atoms with Crippen molar-refractivity contribution in [3.63, 3.8) is 0 Å². The van der Waals surface area contributed by atoms with Crippen LogP contribution in [-0.4, -0.2) is 0 Å². The number of benzene rings is 2. The first-order valence-electron chi connectivity index (χ1n) is 4.38. The van der Waals surface area contributed by atoms with E-state index in [0.29, 0.717) is 0 Å². The number of hydrogen-bond acceptors (Lipinski definition) is 1. The molecule has 0 atom stereocenters. The normalized spacial score (nSPS) is 9.40. The SMILES string of the molecule is Cl.Nc1ccccc1-c1ccc(Br)cc1. The van der Waals surface area contributed by atoms with Crippen molar-refractivity contribution < 1.29 is 0 Å². The van der Waals surface area contributed by atoms with Gasteiger partial charge in [0.15, 0.2) is 0 Å². The fourth-order valence-electron chi connectivity index (χ4n) is 1.39. The first-order valence-corrected chi connectivity index (χ1v) is 5.17. The predicted octanol–water partition coefficient (Wildman–Crippen LogP) is 4.12. The third-order valence-electron chi connectivity index (χ3n) is 2.12. The first kappa shape index (κ1) is 12.1. The average Bonchev–Trinajstić information content (AvgIpc) is 2.20. The zero-order chi connectivity index (χ0) is 9.97. The van der Waals surface area contributed by atoms with Gasteiger partial charge in [-0.2, -0.15) is 0 Å². The van der Waals surface area contributed by atoms with Crippen LogP contribution in [0.25, 0.3) is 11.1 Å². The smallest absolute Gasteiger partial charge is 0.0393 e. The van der Waals surface area contributed by atoms with E-state index in [1.807, 2.05) is 36.4 Å². The monoisotopic (exact) mass is 283 g/mol. The summed E-state index contributed by atoms with van der Waals surface area (Å²) in [6, 6.07) is 16.0. The zero-order valence-electron chi connectivity index (χ0n) is 7.98. The highest BCUT2D eigenvalue weighted by Gasteiger charge is 2.00. The van der Waals surface area contributed by atoms with E-state index >= 15 is 0 Å². The van der Waals surface area contributed by atoms with Gasteiger partial charge in [0.2, 0.25) is 0 Å². The van der Waals surface area contributed by atoms with Gasteiger partial charge in [0.1, 0.15) is 0 Å². The highest BCUT2D eigenvalue weighted by Crippen LogP contribution is 2.26. The summed E-state index contributed by atoms with van der Waals surface area (Å²) in [5.41, 5.74) is 8.92. The lowest BCUT2D eigenvalue weighted by molar-refractivity contribution is 1.59. The van der Waals surface area contributed by atoms with Gasteiger partial charge in [-0.1, -0.05) is 46.3 Å². The van der Waals surface area contributed by atoms with Crippen LogP contribution in [0.3, 0.4) is 0 Å². The lowest BCUT2D eigenvalue weighted by atomic mass is 10.0. The molecule has 0 aliphatic carbocycles. The molecule has 0 radical (unpaired) electrons. The fourth-order valence-corrected chi connectivity index (χ4v) is 1.65. The van der Waals surface area contributed by atoms with Gasteiger partial charge in [-0.25, -0.2) is 0 Å². The molecule has 3 heteroatoms. The van der Waals surface area contributed by atoms with Crippen LogP contribution in [0.1, 0.15) is 0 Å². The Hall–Kier alpha value is -0.990. The minimum Gasteiger partial charge on any atom is -0.398 e. The number of rotatable bonds is 1. The third kappa shape index (κ3) is 2.74. The molecule has 2 aromatic carbocycles. The van der Waals surface area contributed by atoms with E-state index in [0.717, 1.165) is 21.3 Å². The van der Waals surface area contributed by atoms with Crippen LogP contribution in [0, 0.1) is 0 Å². The largest absolute Gasteiger partial charge is 0.398 e. The van der Waals surface area contributed by atoms with Crippen molar-refractivity contribution >= 4 is 34.0 Å². The maximum absolute atomic E-state index is 5.88. The maximum atomic E-state index is 5.88. The molecule has 0 aliphatic heterocycles. The Morgan fingerprint density at radius 2 is 1.47 bits per heavy atom. The predicted molar refractivity (Wildman–Crippen MR) is 71.2 cm³/mol. The molecular formula is C12H11BrClN. The molecule has 0 aliphatic rings. The molecule has 15 heavy (non-hydrogen) atoms. The molecule has 0 saturated carbocycles. The summed E-state index contributed by atoms with van der Waals surface area (Å²) in [6.07, 6.45) is 0. The first-order chi connectivity index (χ1) is 6.77. The van der Waals surface area contributed by atoms with Crippen molar-refractivity contribution in [3.05, 3.63) is 53.0 Å². The molecule has 1 nitrogen and oxygen atoms in total. The summed E-state index contributed by atoms with van der Waals surface area (Å²) in [5, 5.41) is 0. The fraction of sp³-hybridized carbons (Fsp3) is 0. The van der Waals surface area contributed by atoms with Crippen LogP contribution in [0.15, 0.2) is 53.0 Å².